The highest BCUT2D eigenvalue weighted by Gasteiger charge is 2.18. The number of carbonyl (C=O) groups is 1. The Bertz CT molecular complexity index is 898. The first-order valence-corrected chi connectivity index (χ1v) is 6.82. The Balaban J connectivity index is 1.88. The fourth-order valence-corrected chi connectivity index (χ4v) is 2.22. The SMILES string of the molecule is Nc1nc(C(=O)NCc2cccc(F)c2)c(O)c2ncccc12. The van der Waals surface area contributed by atoms with E-state index in [4.69, 9.17) is 5.73 Å². The maximum absolute atomic E-state index is 13.1. The molecule has 4 N–H and O–H groups in total. The number of aromatic hydroxyl groups is 1. The molecular formula is C16H13FN4O2. The minimum atomic E-state index is -0.619. The van der Waals surface area contributed by atoms with Gasteiger partial charge in [0.15, 0.2) is 11.4 Å². The van der Waals surface area contributed by atoms with Gasteiger partial charge in [0.05, 0.1) is 0 Å². The molecule has 2 aromatic heterocycles. The fourth-order valence-electron chi connectivity index (χ4n) is 2.22. The molecule has 0 saturated heterocycles. The summed E-state index contributed by atoms with van der Waals surface area (Å²) >= 11 is 0. The van der Waals surface area contributed by atoms with Crippen molar-refractivity contribution in [2.75, 3.05) is 5.73 Å². The van der Waals surface area contributed by atoms with Crippen LogP contribution in [0.3, 0.4) is 0 Å². The van der Waals surface area contributed by atoms with Crippen LogP contribution in [0.2, 0.25) is 0 Å². The monoisotopic (exact) mass is 312 g/mol. The average molecular weight is 312 g/mol. The highest BCUT2D eigenvalue weighted by molar-refractivity contribution is 6.03. The maximum atomic E-state index is 13.1. The van der Waals surface area contributed by atoms with Crippen LogP contribution in [0.25, 0.3) is 10.9 Å². The minimum absolute atomic E-state index is 0.0951. The van der Waals surface area contributed by atoms with Crippen LogP contribution in [-0.2, 0) is 6.54 Å². The van der Waals surface area contributed by atoms with Gasteiger partial charge in [-0.1, -0.05) is 12.1 Å². The summed E-state index contributed by atoms with van der Waals surface area (Å²) in [7, 11) is 0. The van der Waals surface area contributed by atoms with Gasteiger partial charge in [-0.25, -0.2) is 9.37 Å². The van der Waals surface area contributed by atoms with Crippen molar-refractivity contribution in [1.82, 2.24) is 15.3 Å². The number of nitrogens with two attached hydrogens (primary N) is 1. The van der Waals surface area contributed by atoms with Crippen molar-refractivity contribution in [3.8, 4) is 5.75 Å². The zero-order chi connectivity index (χ0) is 16.4. The number of benzene rings is 1. The number of hydrogen-bond donors (Lipinski definition) is 3. The molecular weight excluding hydrogens is 299 g/mol. The molecule has 0 bridgehead atoms. The first-order valence-electron chi connectivity index (χ1n) is 6.82. The van der Waals surface area contributed by atoms with Crippen molar-refractivity contribution >= 4 is 22.6 Å². The molecule has 0 radical (unpaired) electrons. The number of nitrogens with one attached hydrogen (secondary N) is 1. The largest absolute Gasteiger partial charge is 0.504 e. The van der Waals surface area contributed by atoms with E-state index in [0.29, 0.717) is 10.9 Å². The molecule has 3 aromatic rings. The molecule has 0 fully saturated rings. The van der Waals surface area contributed by atoms with Crippen LogP contribution in [-0.4, -0.2) is 21.0 Å². The summed E-state index contributed by atoms with van der Waals surface area (Å²) in [5, 5.41) is 13.2. The predicted molar refractivity (Wildman–Crippen MR) is 83.2 cm³/mol. The van der Waals surface area contributed by atoms with Crippen molar-refractivity contribution in [2.45, 2.75) is 6.54 Å². The highest BCUT2D eigenvalue weighted by atomic mass is 19.1. The Hall–Kier alpha value is -3.22. The second-order valence-corrected chi connectivity index (χ2v) is 4.91. The number of aromatic nitrogens is 2. The highest BCUT2D eigenvalue weighted by Crippen LogP contribution is 2.28. The number of fused-ring (bicyclic) bond motifs is 1. The molecule has 0 spiro atoms. The number of nitrogens with zero attached hydrogens (tertiary/aromatic N) is 2. The molecule has 0 aliphatic heterocycles. The van der Waals surface area contributed by atoms with Crippen LogP contribution >= 0.6 is 0 Å². The average Bonchev–Trinajstić information content (AvgIpc) is 2.56. The van der Waals surface area contributed by atoms with E-state index in [9.17, 15) is 14.3 Å². The van der Waals surface area contributed by atoms with Gasteiger partial charge in [0.2, 0.25) is 0 Å². The number of anilines is 1. The first kappa shape index (κ1) is 14.7. The van der Waals surface area contributed by atoms with Gasteiger partial charge in [0.25, 0.3) is 5.91 Å². The molecule has 6 nitrogen and oxygen atoms in total. The van der Waals surface area contributed by atoms with Crippen LogP contribution in [0.1, 0.15) is 16.1 Å². The van der Waals surface area contributed by atoms with Gasteiger partial charge < -0.3 is 16.2 Å². The van der Waals surface area contributed by atoms with Crippen molar-refractivity contribution in [3.05, 3.63) is 59.7 Å². The van der Waals surface area contributed by atoms with Gasteiger partial charge in [-0.15, -0.1) is 0 Å². The Morgan fingerprint density at radius 1 is 1.30 bits per heavy atom. The van der Waals surface area contributed by atoms with E-state index >= 15 is 0 Å². The summed E-state index contributed by atoms with van der Waals surface area (Å²) in [6, 6.07) is 9.15. The van der Waals surface area contributed by atoms with E-state index in [2.05, 4.69) is 15.3 Å². The smallest absolute Gasteiger partial charge is 0.274 e. The van der Waals surface area contributed by atoms with Crippen molar-refractivity contribution in [3.63, 3.8) is 0 Å². The van der Waals surface area contributed by atoms with Crippen molar-refractivity contribution < 1.29 is 14.3 Å². The summed E-state index contributed by atoms with van der Waals surface area (Å²) < 4.78 is 13.1. The lowest BCUT2D eigenvalue weighted by molar-refractivity contribution is 0.0943. The molecule has 7 heteroatoms. The number of amides is 1. The van der Waals surface area contributed by atoms with E-state index in [1.807, 2.05) is 0 Å². The number of rotatable bonds is 3. The summed E-state index contributed by atoms with van der Waals surface area (Å²) in [4.78, 5) is 20.2. The van der Waals surface area contributed by atoms with Crippen molar-refractivity contribution in [1.29, 1.82) is 0 Å². The third-order valence-electron chi connectivity index (χ3n) is 3.32. The first-order chi connectivity index (χ1) is 11.1. The van der Waals surface area contributed by atoms with Gasteiger partial charge in [0, 0.05) is 18.1 Å². The normalized spacial score (nSPS) is 10.7. The van der Waals surface area contributed by atoms with E-state index in [1.165, 1.54) is 18.3 Å². The van der Waals surface area contributed by atoms with E-state index in [1.54, 1.807) is 24.3 Å². The fraction of sp³-hybridized carbons (Fsp3) is 0.0625. The van der Waals surface area contributed by atoms with E-state index in [-0.39, 0.29) is 29.3 Å². The van der Waals surface area contributed by atoms with Crippen LogP contribution in [0, 0.1) is 5.82 Å². The lowest BCUT2D eigenvalue weighted by atomic mass is 10.2. The molecule has 1 aromatic carbocycles. The summed E-state index contributed by atoms with van der Waals surface area (Å²) in [5.74, 6) is -1.25. The summed E-state index contributed by atoms with van der Waals surface area (Å²) in [6.07, 6.45) is 1.48. The van der Waals surface area contributed by atoms with Crippen LogP contribution in [0.5, 0.6) is 5.75 Å². The van der Waals surface area contributed by atoms with Gasteiger partial charge in [-0.05, 0) is 29.8 Å². The lowest BCUT2D eigenvalue weighted by Gasteiger charge is -2.09. The Morgan fingerprint density at radius 2 is 2.13 bits per heavy atom. The predicted octanol–water partition coefficient (Wildman–Crippen LogP) is 1.99. The molecule has 2 heterocycles. The number of halogens is 1. The quantitative estimate of drug-likeness (QED) is 0.686. The minimum Gasteiger partial charge on any atom is -0.504 e. The molecule has 116 valence electrons. The van der Waals surface area contributed by atoms with Crippen LogP contribution in [0.4, 0.5) is 10.2 Å². The van der Waals surface area contributed by atoms with Gasteiger partial charge in [-0.3, -0.25) is 9.78 Å². The zero-order valence-electron chi connectivity index (χ0n) is 12.0. The van der Waals surface area contributed by atoms with Gasteiger partial charge >= 0.3 is 0 Å². The van der Waals surface area contributed by atoms with Crippen LogP contribution < -0.4 is 11.1 Å². The standard InChI is InChI=1S/C16H13FN4O2/c17-10-4-1-3-9(7-10)8-20-16(23)13-14(22)12-11(15(18)21-13)5-2-6-19-12/h1-7,22H,8H2,(H2,18,21)(H,20,23). The zero-order valence-corrected chi connectivity index (χ0v) is 12.0. The van der Waals surface area contributed by atoms with E-state index < -0.39 is 11.7 Å². The molecule has 0 atom stereocenters. The van der Waals surface area contributed by atoms with Gasteiger partial charge in [-0.2, -0.15) is 0 Å². The molecule has 0 saturated carbocycles. The molecule has 1 amide bonds. The molecule has 0 aliphatic carbocycles. The lowest BCUT2D eigenvalue weighted by Crippen LogP contribution is -2.24. The second-order valence-electron chi connectivity index (χ2n) is 4.91. The Labute approximate surface area is 130 Å². The van der Waals surface area contributed by atoms with Gasteiger partial charge in [0.1, 0.15) is 17.2 Å². The topological polar surface area (TPSA) is 101 Å². The molecule has 0 unspecified atom stereocenters. The van der Waals surface area contributed by atoms with Crippen molar-refractivity contribution in [2.24, 2.45) is 0 Å². The second kappa shape index (κ2) is 5.88. The summed E-state index contributed by atoms with van der Waals surface area (Å²) in [6.45, 7) is 0.0951. The maximum Gasteiger partial charge on any atom is 0.274 e. The molecule has 23 heavy (non-hydrogen) atoms. The third kappa shape index (κ3) is 2.89. The number of pyridine rings is 2. The van der Waals surface area contributed by atoms with E-state index in [0.717, 1.165) is 0 Å². The number of carbonyl (C=O) groups excluding carboxylic acids is 1. The molecule has 0 aliphatic rings. The Kier molecular flexibility index (Phi) is 3.76. The van der Waals surface area contributed by atoms with Crippen LogP contribution in [0.15, 0.2) is 42.6 Å². The number of hydrogen-bond acceptors (Lipinski definition) is 5. The summed E-state index contributed by atoms with van der Waals surface area (Å²) in [5.41, 5.74) is 6.37. The Morgan fingerprint density at radius 3 is 2.91 bits per heavy atom. The molecule has 3 rings (SSSR count). The third-order valence-corrected chi connectivity index (χ3v) is 3.32. The number of nitrogen functional groups attached to an aromatic ring is 1.